The molecule has 0 aliphatic carbocycles. The van der Waals surface area contributed by atoms with Crippen molar-refractivity contribution in [3.63, 3.8) is 0 Å². The number of imide groups is 1. The fraction of sp³-hybridized carbons (Fsp3) is 0.143. The summed E-state index contributed by atoms with van der Waals surface area (Å²) in [5, 5.41) is 3.73. The van der Waals surface area contributed by atoms with Crippen LogP contribution in [-0.2, 0) is 17.9 Å². The maximum Gasteiger partial charge on any atom is 0.338 e. The van der Waals surface area contributed by atoms with Gasteiger partial charge in [-0.2, -0.15) is 0 Å². The molecule has 1 aromatic heterocycles. The van der Waals surface area contributed by atoms with Gasteiger partial charge in [0.25, 0.3) is 11.8 Å². The van der Waals surface area contributed by atoms with Gasteiger partial charge in [0.2, 0.25) is 0 Å². The minimum absolute atomic E-state index is 0.00351. The molecular weight excluding hydrogens is 360 g/mol. The molecule has 1 aliphatic rings. The van der Waals surface area contributed by atoms with Gasteiger partial charge in [-0.1, -0.05) is 29.4 Å². The number of carbonyl (C=O) groups excluding carboxylic acids is 3. The van der Waals surface area contributed by atoms with Crippen LogP contribution in [0.2, 0.25) is 0 Å². The lowest BCUT2D eigenvalue weighted by Gasteiger charge is -2.14. The van der Waals surface area contributed by atoms with Crippen LogP contribution in [0.3, 0.4) is 0 Å². The number of rotatable bonds is 5. The topological polar surface area (TPSA) is 89.7 Å². The van der Waals surface area contributed by atoms with E-state index < -0.39 is 5.97 Å². The van der Waals surface area contributed by atoms with E-state index in [1.165, 1.54) is 4.90 Å². The van der Waals surface area contributed by atoms with Crippen molar-refractivity contribution in [2.75, 3.05) is 0 Å². The van der Waals surface area contributed by atoms with Crippen LogP contribution in [-0.4, -0.2) is 27.8 Å². The van der Waals surface area contributed by atoms with Crippen LogP contribution in [0.25, 0.3) is 0 Å². The van der Waals surface area contributed by atoms with Gasteiger partial charge in [-0.05, 0) is 36.8 Å². The highest BCUT2D eigenvalue weighted by atomic mass is 16.5. The summed E-state index contributed by atoms with van der Waals surface area (Å²) in [7, 11) is 0. The number of nitrogens with zero attached hydrogens (tertiary/aromatic N) is 2. The Balaban J connectivity index is 1.40. The second kappa shape index (κ2) is 7.11. The van der Waals surface area contributed by atoms with E-state index in [0.717, 1.165) is 5.56 Å². The Morgan fingerprint density at radius 2 is 1.68 bits per heavy atom. The summed E-state index contributed by atoms with van der Waals surface area (Å²) in [5.41, 5.74) is 2.63. The van der Waals surface area contributed by atoms with Crippen LogP contribution in [0, 0.1) is 6.92 Å². The summed E-state index contributed by atoms with van der Waals surface area (Å²) in [6, 6.07) is 15.0. The molecule has 2 amide bonds. The van der Waals surface area contributed by atoms with Crippen LogP contribution in [0.1, 0.15) is 48.1 Å². The molecule has 0 saturated carbocycles. The maximum atomic E-state index is 12.4. The number of aryl methyl sites for hydroxylation is 1. The number of fused-ring (bicyclic) bond motifs is 1. The van der Waals surface area contributed by atoms with Crippen LogP contribution in [0.15, 0.2) is 59.1 Å². The van der Waals surface area contributed by atoms with Gasteiger partial charge in [0.15, 0.2) is 12.4 Å². The highest BCUT2D eigenvalue weighted by Gasteiger charge is 2.34. The molecule has 0 spiro atoms. The van der Waals surface area contributed by atoms with Gasteiger partial charge in [0.1, 0.15) is 0 Å². The van der Waals surface area contributed by atoms with Gasteiger partial charge in [0.05, 0.1) is 28.9 Å². The lowest BCUT2D eigenvalue weighted by atomic mass is 10.1. The molecule has 0 radical (unpaired) electrons. The monoisotopic (exact) mass is 376 g/mol. The molecule has 0 N–H and O–H groups in total. The van der Waals surface area contributed by atoms with Crippen molar-refractivity contribution >= 4 is 17.8 Å². The van der Waals surface area contributed by atoms with E-state index in [4.69, 9.17) is 9.26 Å². The lowest BCUT2D eigenvalue weighted by molar-refractivity contribution is 0.0436. The van der Waals surface area contributed by atoms with Crippen LogP contribution >= 0.6 is 0 Å². The van der Waals surface area contributed by atoms with E-state index >= 15 is 0 Å². The first kappa shape index (κ1) is 17.7. The molecule has 4 rings (SSSR count). The minimum Gasteiger partial charge on any atom is -0.454 e. The van der Waals surface area contributed by atoms with Gasteiger partial charge in [-0.15, -0.1) is 0 Å². The summed E-state index contributed by atoms with van der Waals surface area (Å²) >= 11 is 0. The number of hydrogen-bond donors (Lipinski definition) is 0. The zero-order valence-electron chi connectivity index (χ0n) is 15.0. The minimum atomic E-state index is -0.499. The number of amides is 2. The second-order valence-electron chi connectivity index (χ2n) is 6.45. The Hall–Kier alpha value is -3.74. The first-order valence-corrected chi connectivity index (χ1v) is 8.66. The zero-order chi connectivity index (χ0) is 19.7. The Morgan fingerprint density at radius 3 is 2.25 bits per heavy atom. The summed E-state index contributed by atoms with van der Waals surface area (Å²) in [6.45, 7) is 1.91. The number of aromatic nitrogens is 1. The van der Waals surface area contributed by atoms with E-state index in [1.807, 2.05) is 0 Å². The molecule has 7 heteroatoms. The standard InChI is InChI=1S/C21H16N2O5/c1-13-10-16(28-22-13)12-27-21(26)15-8-6-14(7-9-15)11-23-19(24)17-4-2-3-5-18(17)20(23)25/h2-10H,11-12H2,1H3. The number of ether oxygens (including phenoxy) is 1. The van der Waals surface area contributed by atoms with E-state index in [1.54, 1.807) is 61.5 Å². The molecule has 140 valence electrons. The number of benzene rings is 2. The average molecular weight is 376 g/mol. The predicted molar refractivity (Wildman–Crippen MR) is 97.4 cm³/mol. The van der Waals surface area contributed by atoms with Crippen molar-refractivity contribution in [3.8, 4) is 0 Å². The summed E-state index contributed by atoms with van der Waals surface area (Å²) < 4.78 is 10.2. The van der Waals surface area contributed by atoms with Gasteiger partial charge in [-0.3, -0.25) is 14.5 Å². The number of carbonyl (C=O) groups is 3. The fourth-order valence-electron chi connectivity index (χ4n) is 3.02. The number of hydrogen-bond acceptors (Lipinski definition) is 6. The van der Waals surface area contributed by atoms with Gasteiger partial charge in [-0.25, -0.2) is 4.79 Å². The molecule has 1 aliphatic heterocycles. The van der Waals surface area contributed by atoms with Crippen LogP contribution in [0.4, 0.5) is 0 Å². The van der Waals surface area contributed by atoms with Crippen molar-refractivity contribution in [3.05, 3.63) is 88.3 Å². The summed E-state index contributed by atoms with van der Waals surface area (Å²) in [4.78, 5) is 38.2. The van der Waals surface area contributed by atoms with Gasteiger partial charge in [0, 0.05) is 6.07 Å². The lowest BCUT2D eigenvalue weighted by Crippen LogP contribution is -2.29. The van der Waals surface area contributed by atoms with E-state index in [-0.39, 0.29) is 25.0 Å². The fourth-order valence-corrected chi connectivity index (χ4v) is 3.02. The molecular formula is C21H16N2O5. The van der Waals surface area contributed by atoms with Crippen molar-refractivity contribution < 1.29 is 23.6 Å². The predicted octanol–water partition coefficient (Wildman–Crippen LogP) is 3.14. The van der Waals surface area contributed by atoms with Crippen molar-refractivity contribution in [1.29, 1.82) is 0 Å². The molecule has 2 heterocycles. The molecule has 28 heavy (non-hydrogen) atoms. The largest absolute Gasteiger partial charge is 0.454 e. The highest BCUT2D eigenvalue weighted by molar-refractivity contribution is 6.21. The summed E-state index contributed by atoms with van der Waals surface area (Å²) in [6.07, 6.45) is 0. The SMILES string of the molecule is Cc1cc(COC(=O)c2ccc(CN3C(=O)c4ccccc4C3=O)cc2)on1. The molecule has 0 bridgehead atoms. The van der Waals surface area contributed by atoms with E-state index in [0.29, 0.717) is 28.1 Å². The zero-order valence-corrected chi connectivity index (χ0v) is 15.0. The van der Waals surface area contributed by atoms with Crippen LogP contribution in [0.5, 0.6) is 0 Å². The third kappa shape index (κ3) is 3.29. The number of esters is 1. The third-order valence-electron chi connectivity index (χ3n) is 4.43. The molecule has 2 aromatic carbocycles. The Labute approximate surface area is 160 Å². The molecule has 0 unspecified atom stereocenters. The van der Waals surface area contributed by atoms with Gasteiger partial charge < -0.3 is 9.26 Å². The normalized spacial score (nSPS) is 13.0. The maximum absolute atomic E-state index is 12.4. The Kier molecular flexibility index (Phi) is 4.49. The Morgan fingerprint density at radius 1 is 1.04 bits per heavy atom. The molecule has 3 aromatic rings. The van der Waals surface area contributed by atoms with E-state index in [2.05, 4.69) is 5.16 Å². The molecule has 0 atom stereocenters. The highest BCUT2D eigenvalue weighted by Crippen LogP contribution is 2.24. The van der Waals surface area contributed by atoms with Crippen LogP contribution < -0.4 is 0 Å². The molecule has 7 nitrogen and oxygen atoms in total. The van der Waals surface area contributed by atoms with E-state index in [9.17, 15) is 14.4 Å². The summed E-state index contributed by atoms with van der Waals surface area (Å²) in [5.74, 6) is -0.660. The average Bonchev–Trinajstić information content (AvgIpc) is 3.24. The molecule has 0 saturated heterocycles. The quantitative estimate of drug-likeness (QED) is 0.502. The first-order chi connectivity index (χ1) is 13.5. The first-order valence-electron chi connectivity index (χ1n) is 8.66. The van der Waals surface area contributed by atoms with Crippen molar-refractivity contribution in [1.82, 2.24) is 10.1 Å². The smallest absolute Gasteiger partial charge is 0.338 e. The van der Waals surface area contributed by atoms with Crippen molar-refractivity contribution in [2.45, 2.75) is 20.1 Å². The van der Waals surface area contributed by atoms with Gasteiger partial charge >= 0.3 is 5.97 Å². The second-order valence-corrected chi connectivity index (χ2v) is 6.45. The van der Waals surface area contributed by atoms with Crippen molar-refractivity contribution in [2.24, 2.45) is 0 Å². The molecule has 0 fully saturated rings. The Bertz CT molecular complexity index is 1030. The third-order valence-corrected chi connectivity index (χ3v) is 4.43.